The van der Waals surface area contributed by atoms with Gasteiger partial charge in [0.25, 0.3) is 0 Å². The number of piperidine rings is 1. The molecular formula is C25H28N2O2. The fraction of sp³-hybridized carbons (Fsp3) is 0.320. The molecule has 0 amide bonds. The van der Waals surface area contributed by atoms with Gasteiger partial charge < -0.3 is 9.57 Å². The molecule has 0 bridgehead atoms. The van der Waals surface area contributed by atoms with Crippen LogP contribution in [0.15, 0.2) is 71.9 Å². The van der Waals surface area contributed by atoms with Crippen molar-refractivity contribution in [3.63, 3.8) is 0 Å². The third-order valence-corrected chi connectivity index (χ3v) is 5.51. The molecule has 1 aliphatic rings. The molecule has 0 aromatic heterocycles. The number of hydrogen-bond donors (Lipinski definition) is 0. The smallest absolute Gasteiger partial charge is 0.129 e. The van der Waals surface area contributed by atoms with Crippen molar-refractivity contribution in [2.45, 2.75) is 19.3 Å². The third kappa shape index (κ3) is 4.77. The van der Waals surface area contributed by atoms with Crippen LogP contribution >= 0.6 is 0 Å². The lowest BCUT2D eigenvalue weighted by Crippen LogP contribution is -2.32. The van der Waals surface area contributed by atoms with E-state index < -0.39 is 0 Å². The summed E-state index contributed by atoms with van der Waals surface area (Å²) in [7, 11) is 1.68. The molecule has 0 atom stereocenters. The lowest BCUT2D eigenvalue weighted by molar-refractivity contribution is 0.103. The largest absolute Gasteiger partial charge is 0.497 e. The Hall–Kier alpha value is -2.85. The van der Waals surface area contributed by atoms with Crippen molar-refractivity contribution in [1.82, 2.24) is 4.90 Å². The Balaban J connectivity index is 1.61. The molecule has 3 aromatic carbocycles. The average molecular weight is 389 g/mol. The zero-order valence-corrected chi connectivity index (χ0v) is 17.0. The lowest BCUT2D eigenvalue weighted by atomic mass is 9.96. The van der Waals surface area contributed by atoms with Crippen molar-refractivity contribution in [2.75, 3.05) is 33.4 Å². The molecule has 3 aromatic rings. The summed E-state index contributed by atoms with van der Waals surface area (Å²) in [6.45, 7) is 3.86. The van der Waals surface area contributed by atoms with Crippen molar-refractivity contribution in [1.29, 1.82) is 0 Å². The maximum atomic E-state index is 5.83. The van der Waals surface area contributed by atoms with Gasteiger partial charge in [0, 0.05) is 17.7 Å². The SMILES string of the molecule is COc1ccc(/C(=N\OCCN2CCCCC2)c2cccc3ccccc23)cc1. The van der Waals surface area contributed by atoms with E-state index in [1.807, 2.05) is 24.3 Å². The summed E-state index contributed by atoms with van der Waals surface area (Å²) in [5, 5.41) is 6.97. The molecule has 0 N–H and O–H groups in total. The van der Waals surface area contributed by atoms with Crippen LogP contribution in [0.4, 0.5) is 0 Å². The number of hydrogen-bond acceptors (Lipinski definition) is 4. The predicted octanol–water partition coefficient (Wildman–Crippen LogP) is 5.10. The number of ether oxygens (including phenoxy) is 1. The first kappa shape index (κ1) is 19.5. The van der Waals surface area contributed by atoms with Crippen molar-refractivity contribution in [3.8, 4) is 5.75 Å². The second kappa shape index (κ2) is 9.57. The molecule has 1 saturated heterocycles. The fourth-order valence-electron chi connectivity index (χ4n) is 3.90. The standard InChI is InChI=1S/C25H28N2O2/c1-28-22-14-12-21(13-15-22)25(26-29-19-18-27-16-5-2-6-17-27)24-11-7-9-20-8-3-4-10-23(20)24/h3-4,7-15H,2,5-6,16-19H2,1H3/b26-25+. The van der Waals surface area contributed by atoms with Crippen LogP contribution in [0.25, 0.3) is 10.8 Å². The first-order valence-electron chi connectivity index (χ1n) is 10.4. The third-order valence-electron chi connectivity index (χ3n) is 5.51. The normalized spacial score (nSPS) is 15.4. The van der Waals surface area contributed by atoms with E-state index in [1.54, 1.807) is 7.11 Å². The number of nitrogens with zero attached hydrogens (tertiary/aromatic N) is 2. The van der Waals surface area contributed by atoms with Gasteiger partial charge in [-0.15, -0.1) is 0 Å². The van der Waals surface area contributed by atoms with E-state index in [9.17, 15) is 0 Å². The summed E-state index contributed by atoms with van der Waals surface area (Å²) in [5.41, 5.74) is 2.94. The van der Waals surface area contributed by atoms with Gasteiger partial charge in [-0.1, -0.05) is 54.0 Å². The number of methoxy groups -OCH3 is 1. The van der Waals surface area contributed by atoms with E-state index in [0.717, 1.165) is 29.1 Å². The molecule has 0 spiro atoms. The Morgan fingerprint density at radius 3 is 2.45 bits per heavy atom. The Bertz CT molecular complexity index is 955. The van der Waals surface area contributed by atoms with E-state index in [0.29, 0.717) is 6.61 Å². The molecule has 1 heterocycles. The highest BCUT2D eigenvalue weighted by Crippen LogP contribution is 2.23. The van der Waals surface area contributed by atoms with Crippen LogP contribution in [0.5, 0.6) is 5.75 Å². The molecular weight excluding hydrogens is 360 g/mol. The molecule has 1 fully saturated rings. The summed E-state index contributed by atoms with van der Waals surface area (Å²) in [5.74, 6) is 0.831. The van der Waals surface area contributed by atoms with E-state index in [2.05, 4.69) is 52.5 Å². The van der Waals surface area contributed by atoms with Crippen LogP contribution in [0, 0.1) is 0 Å². The Morgan fingerprint density at radius 2 is 1.66 bits per heavy atom. The second-order valence-electron chi connectivity index (χ2n) is 7.43. The van der Waals surface area contributed by atoms with Gasteiger partial charge in [-0.2, -0.15) is 0 Å². The summed E-state index contributed by atoms with van der Waals surface area (Å²) in [4.78, 5) is 8.29. The van der Waals surface area contributed by atoms with Gasteiger partial charge in [0.15, 0.2) is 0 Å². The number of benzene rings is 3. The van der Waals surface area contributed by atoms with Gasteiger partial charge in [0.05, 0.1) is 7.11 Å². The summed E-state index contributed by atoms with van der Waals surface area (Å²) in [6, 6.07) is 22.7. The Morgan fingerprint density at radius 1 is 0.897 bits per heavy atom. The highest BCUT2D eigenvalue weighted by atomic mass is 16.6. The van der Waals surface area contributed by atoms with E-state index in [4.69, 9.17) is 9.57 Å². The fourth-order valence-corrected chi connectivity index (χ4v) is 3.90. The maximum Gasteiger partial charge on any atom is 0.129 e. The minimum atomic E-state index is 0.602. The summed E-state index contributed by atoms with van der Waals surface area (Å²) < 4.78 is 5.31. The van der Waals surface area contributed by atoms with Crippen molar-refractivity contribution in [2.24, 2.45) is 5.16 Å². The quantitative estimate of drug-likeness (QED) is 0.321. The van der Waals surface area contributed by atoms with Crippen LogP contribution in [-0.4, -0.2) is 44.0 Å². The van der Waals surface area contributed by atoms with Gasteiger partial charge in [0.1, 0.15) is 18.1 Å². The summed E-state index contributed by atoms with van der Waals surface area (Å²) in [6.07, 6.45) is 3.92. The minimum absolute atomic E-state index is 0.602. The molecule has 150 valence electrons. The van der Waals surface area contributed by atoms with Crippen LogP contribution in [0.1, 0.15) is 30.4 Å². The van der Waals surface area contributed by atoms with Gasteiger partial charge in [0.2, 0.25) is 0 Å². The van der Waals surface area contributed by atoms with Gasteiger partial charge in [-0.05, 0) is 61.0 Å². The summed E-state index contributed by atoms with van der Waals surface area (Å²) >= 11 is 0. The van der Waals surface area contributed by atoms with Crippen molar-refractivity contribution in [3.05, 3.63) is 77.9 Å². The first-order valence-corrected chi connectivity index (χ1v) is 10.4. The molecule has 4 nitrogen and oxygen atoms in total. The molecule has 1 aliphatic heterocycles. The van der Waals surface area contributed by atoms with Crippen LogP contribution in [-0.2, 0) is 4.84 Å². The number of rotatable bonds is 7. The van der Waals surface area contributed by atoms with Gasteiger partial charge in [-0.25, -0.2) is 0 Å². The zero-order valence-electron chi connectivity index (χ0n) is 17.0. The first-order chi connectivity index (χ1) is 14.3. The van der Waals surface area contributed by atoms with E-state index in [-0.39, 0.29) is 0 Å². The molecule has 0 aliphatic carbocycles. The Kier molecular flexibility index (Phi) is 6.42. The number of likely N-dealkylation sites (tertiary alicyclic amines) is 1. The van der Waals surface area contributed by atoms with Gasteiger partial charge >= 0.3 is 0 Å². The molecule has 4 heteroatoms. The molecule has 29 heavy (non-hydrogen) atoms. The minimum Gasteiger partial charge on any atom is -0.497 e. The zero-order chi connectivity index (χ0) is 19.9. The van der Waals surface area contributed by atoms with E-state index in [1.165, 1.54) is 43.1 Å². The maximum absolute atomic E-state index is 5.83. The van der Waals surface area contributed by atoms with Crippen molar-refractivity contribution < 1.29 is 9.57 Å². The number of fused-ring (bicyclic) bond motifs is 1. The average Bonchev–Trinajstić information content (AvgIpc) is 2.80. The van der Waals surface area contributed by atoms with Crippen molar-refractivity contribution >= 4 is 16.5 Å². The van der Waals surface area contributed by atoms with Crippen LogP contribution in [0.2, 0.25) is 0 Å². The molecule has 4 rings (SSSR count). The molecule has 0 unspecified atom stereocenters. The Labute approximate surface area is 172 Å². The number of oxime groups is 1. The highest BCUT2D eigenvalue weighted by Gasteiger charge is 2.13. The van der Waals surface area contributed by atoms with E-state index >= 15 is 0 Å². The topological polar surface area (TPSA) is 34.1 Å². The molecule has 0 saturated carbocycles. The second-order valence-corrected chi connectivity index (χ2v) is 7.43. The lowest BCUT2D eigenvalue weighted by Gasteiger charge is -2.25. The van der Waals surface area contributed by atoms with Crippen LogP contribution in [0.3, 0.4) is 0 Å². The molecule has 0 radical (unpaired) electrons. The van der Waals surface area contributed by atoms with Gasteiger partial charge in [-0.3, -0.25) is 4.90 Å². The highest BCUT2D eigenvalue weighted by molar-refractivity contribution is 6.19. The van der Waals surface area contributed by atoms with Crippen LogP contribution < -0.4 is 4.74 Å². The monoisotopic (exact) mass is 388 g/mol. The predicted molar refractivity (Wildman–Crippen MR) is 119 cm³/mol.